The van der Waals surface area contributed by atoms with Crippen molar-refractivity contribution in [2.75, 3.05) is 5.32 Å². The van der Waals surface area contributed by atoms with Gasteiger partial charge in [0.05, 0.1) is 0 Å². The molecule has 69 valence electrons. The standard InChI is InChI=1S/C11H14NO/c1-8(2)11(13)12-10-6-4-9(3)5-7-10/h4-8H,3H2,1-2H3,(H,12,13). The van der Waals surface area contributed by atoms with Gasteiger partial charge in [-0.25, -0.2) is 0 Å². The Morgan fingerprint density at radius 3 is 2.31 bits per heavy atom. The van der Waals surface area contributed by atoms with Crippen molar-refractivity contribution in [3.05, 3.63) is 36.8 Å². The van der Waals surface area contributed by atoms with Crippen molar-refractivity contribution in [2.45, 2.75) is 13.8 Å². The van der Waals surface area contributed by atoms with E-state index in [0.29, 0.717) is 0 Å². The van der Waals surface area contributed by atoms with Crippen molar-refractivity contribution in [1.82, 2.24) is 0 Å². The Kier molecular flexibility index (Phi) is 3.07. The van der Waals surface area contributed by atoms with E-state index in [1.54, 1.807) is 0 Å². The van der Waals surface area contributed by atoms with Gasteiger partial charge in [0.15, 0.2) is 0 Å². The highest BCUT2D eigenvalue weighted by Gasteiger charge is 2.05. The average Bonchev–Trinajstić information content (AvgIpc) is 2.08. The number of benzene rings is 1. The monoisotopic (exact) mass is 176 g/mol. The molecule has 1 radical (unpaired) electrons. The molecule has 1 aromatic carbocycles. The minimum absolute atomic E-state index is 0.0134. The van der Waals surface area contributed by atoms with Gasteiger partial charge in [-0.2, -0.15) is 0 Å². The fourth-order valence-electron chi connectivity index (χ4n) is 0.875. The first-order valence-electron chi connectivity index (χ1n) is 4.32. The highest BCUT2D eigenvalue weighted by molar-refractivity contribution is 5.92. The second-order valence-electron chi connectivity index (χ2n) is 3.34. The van der Waals surface area contributed by atoms with Gasteiger partial charge in [-0.3, -0.25) is 4.79 Å². The molecule has 0 aromatic heterocycles. The highest BCUT2D eigenvalue weighted by atomic mass is 16.1. The summed E-state index contributed by atoms with van der Waals surface area (Å²) in [5.41, 5.74) is 1.77. The van der Waals surface area contributed by atoms with Gasteiger partial charge in [0, 0.05) is 11.6 Å². The summed E-state index contributed by atoms with van der Waals surface area (Å²) in [5.74, 6) is 0.0521. The normalized spacial score (nSPS) is 10.2. The Balaban J connectivity index is 2.65. The molecular weight excluding hydrogens is 162 g/mol. The molecule has 1 N–H and O–H groups in total. The van der Waals surface area contributed by atoms with E-state index in [0.717, 1.165) is 11.3 Å². The fourth-order valence-corrected chi connectivity index (χ4v) is 0.875. The van der Waals surface area contributed by atoms with Crippen LogP contribution in [0.5, 0.6) is 0 Å². The summed E-state index contributed by atoms with van der Waals surface area (Å²) in [4.78, 5) is 11.3. The minimum atomic E-state index is 0.0134. The molecule has 0 fully saturated rings. The summed E-state index contributed by atoms with van der Waals surface area (Å²) >= 11 is 0. The molecular formula is C11H14NO. The van der Waals surface area contributed by atoms with Crippen molar-refractivity contribution in [1.29, 1.82) is 0 Å². The molecule has 0 heterocycles. The van der Waals surface area contributed by atoms with Crippen LogP contribution in [0.15, 0.2) is 24.3 Å². The molecule has 0 saturated carbocycles. The fraction of sp³-hybridized carbons (Fsp3) is 0.273. The summed E-state index contributed by atoms with van der Waals surface area (Å²) < 4.78 is 0. The molecule has 0 spiro atoms. The van der Waals surface area contributed by atoms with E-state index >= 15 is 0 Å². The Morgan fingerprint density at radius 2 is 1.85 bits per heavy atom. The van der Waals surface area contributed by atoms with Crippen LogP contribution in [-0.2, 0) is 4.79 Å². The topological polar surface area (TPSA) is 29.1 Å². The van der Waals surface area contributed by atoms with Crippen LogP contribution in [0.3, 0.4) is 0 Å². The van der Waals surface area contributed by atoms with Gasteiger partial charge in [-0.1, -0.05) is 26.0 Å². The van der Waals surface area contributed by atoms with Crippen LogP contribution in [0.4, 0.5) is 5.69 Å². The lowest BCUT2D eigenvalue weighted by Crippen LogP contribution is -2.17. The van der Waals surface area contributed by atoms with Gasteiger partial charge in [-0.15, -0.1) is 0 Å². The Bertz CT molecular complexity index is 287. The van der Waals surface area contributed by atoms with Crippen molar-refractivity contribution in [2.24, 2.45) is 5.92 Å². The predicted molar refractivity (Wildman–Crippen MR) is 54.4 cm³/mol. The zero-order chi connectivity index (χ0) is 9.84. The largest absolute Gasteiger partial charge is 0.326 e. The van der Waals surface area contributed by atoms with Crippen LogP contribution in [0.2, 0.25) is 0 Å². The summed E-state index contributed by atoms with van der Waals surface area (Å²) in [6.45, 7) is 7.50. The maximum atomic E-state index is 11.3. The number of nitrogens with one attached hydrogen (secondary N) is 1. The van der Waals surface area contributed by atoms with E-state index in [-0.39, 0.29) is 11.8 Å². The van der Waals surface area contributed by atoms with Gasteiger partial charge < -0.3 is 5.32 Å². The molecule has 1 aromatic rings. The lowest BCUT2D eigenvalue weighted by Gasteiger charge is -2.07. The second kappa shape index (κ2) is 4.08. The number of hydrogen-bond donors (Lipinski definition) is 1. The van der Waals surface area contributed by atoms with Crippen molar-refractivity contribution >= 4 is 11.6 Å². The Morgan fingerprint density at radius 1 is 1.31 bits per heavy atom. The molecule has 13 heavy (non-hydrogen) atoms. The quantitative estimate of drug-likeness (QED) is 0.736. The first kappa shape index (κ1) is 9.78. The lowest BCUT2D eigenvalue weighted by molar-refractivity contribution is -0.118. The maximum Gasteiger partial charge on any atom is 0.226 e. The maximum absolute atomic E-state index is 11.3. The van der Waals surface area contributed by atoms with Crippen LogP contribution in [0, 0.1) is 12.8 Å². The molecule has 0 aliphatic carbocycles. The zero-order valence-electron chi connectivity index (χ0n) is 8.00. The summed E-state index contributed by atoms with van der Waals surface area (Å²) in [5, 5.41) is 2.80. The van der Waals surface area contributed by atoms with Crippen molar-refractivity contribution in [3.63, 3.8) is 0 Å². The summed E-state index contributed by atoms with van der Waals surface area (Å²) in [7, 11) is 0. The summed E-state index contributed by atoms with van der Waals surface area (Å²) in [6.07, 6.45) is 0. The van der Waals surface area contributed by atoms with Gasteiger partial charge in [0.2, 0.25) is 5.91 Å². The van der Waals surface area contributed by atoms with Crippen LogP contribution in [0.25, 0.3) is 0 Å². The zero-order valence-corrected chi connectivity index (χ0v) is 8.00. The molecule has 0 aliphatic heterocycles. The van der Waals surface area contributed by atoms with Gasteiger partial charge in [-0.05, 0) is 24.6 Å². The van der Waals surface area contributed by atoms with E-state index in [2.05, 4.69) is 12.2 Å². The minimum Gasteiger partial charge on any atom is -0.326 e. The first-order valence-corrected chi connectivity index (χ1v) is 4.32. The number of hydrogen-bond acceptors (Lipinski definition) is 1. The predicted octanol–water partition coefficient (Wildman–Crippen LogP) is 2.46. The third kappa shape index (κ3) is 2.90. The second-order valence-corrected chi connectivity index (χ2v) is 3.34. The molecule has 2 nitrogen and oxygen atoms in total. The van der Waals surface area contributed by atoms with E-state index in [4.69, 9.17) is 0 Å². The molecule has 1 amide bonds. The smallest absolute Gasteiger partial charge is 0.226 e. The Hall–Kier alpha value is -1.31. The summed E-state index contributed by atoms with van der Waals surface area (Å²) in [6, 6.07) is 7.44. The van der Waals surface area contributed by atoms with Gasteiger partial charge >= 0.3 is 0 Å². The molecule has 2 heteroatoms. The third-order valence-electron chi connectivity index (χ3n) is 1.75. The molecule has 0 bridgehead atoms. The molecule has 0 atom stereocenters. The van der Waals surface area contributed by atoms with Gasteiger partial charge in [0.1, 0.15) is 0 Å². The van der Waals surface area contributed by atoms with E-state index in [1.165, 1.54) is 0 Å². The van der Waals surface area contributed by atoms with E-state index < -0.39 is 0 Å². The SMILES string of the molecule is [CH2]c1ccc(NC(=O)C(C)C)cc1. The number of anilines is 1. The van der Waals surface area contributed by atoms with Crippen molar-refractivity contribution in [3.8, 4) is 0 Å². The van der Waals surface area contributed by atoms with Crippen LogP contribution < -0.4 is 5.32 Å². The number of amides is 1. The lowest BCUT2D eigenvalue weighted by atomic mass is 10.2. The molecule has 0 aliphatic rings. The number of carbonyl (C=O) groups is 1. The van der Waals surface area contributed by atoms with E-state index in [1.807, 2.05) is 38.1 Å². The van der Waals surface area contributed by atoms with Gasteiger partial charge in [0.25, 0.3) is 0 Å². The van der Waals surface area contributed by atoms with E-state index in [9.17, 15) is 4.79 Å². The molecule has 1 rings (SSSR count). The highest BCUT2D eigenvalue weighted by Crippen LogP contribution is 2.09. The molecule has 0 unspecified atom stereocenters. The van der Waals surface area contributed by atoms with Crippen LogP contribution in [-0.4, -0.2) is 5.91 Å². The molecule has 0 saturated heterocycles. The first-order chi connectivity index (χ1) is 6.09. The average molecular weight is 176 g/mol. The van der Waals surface area contributed by atoms with Crippen LogP contribution >= 0.6 is 0 Å². The van der Waals surface area contributed by atoms with Crippen LogP contribution in [0.1, 0.15) is 19.4 Å². The Labute approximate surface area is 79.0 Å². The van der Waals surface area contributed by atoms with Crippen molar-refractivity contribution < 1.29 is 4.79 Å². The number of carbonyl (C=O) groups excluding carboxylic acids is 1. The number of rotatable bonds is 2. The third-order valence-corrected chi connectivity index (χ3v) is 1.75.